The molecule has 0 saturated carbocycles. The molecule has 0 aliphatic heterocycles. The molecular formula is C12H7N2O3. The monoisotopic (exact) mass is 227 g/mol. The first-order valence-corrected chi connectivity index (χ1v) is 4.74. The van der Waals surface area contributed by atoms with E-state index in [1.807, 2.05) is 0 Å². The molecule has 0 saturated heterocycles. The Morgan fingerprint density at radius 1 is 1.12 bits per heavy atom. The molecule has 5 heteroatoms. The molecule has 0 fully saturated rings. The Kier molecular flexibility index (Phi) is 2.91. The first-order chi connectivity index (χ1) is 8.20. The molecule has 2 aromatic rings. The van der Waals surface area contributed by atoms with Crippen molar-refractivity contribution in [1.29, 1.82) is 0 Å². The first-order valence-electron chi connectivity index (χ1n) is 4.74. The molecule has 2 aromatic heterocycles. The number of rotatable bonds is 3. The number of carboxylic acid groups (broad SMARTS) is 1. The summed E-state index contributed by atoms with van der Waals surface area (Å²) in [6, 6.07) is 5.80. The van der Waals surface area contributed by atoms with Crippen molar-refractivity contribution >= 4 is 12.3 Å². The Hall–Kier alpha value is -2.56. The number of hydrogen-bond donors (Lipinski definition) is 1. The van der Waals surface area contributed by atoms with Crippen LogP contribution in [0.15, 0.2) is 36.7 Å². The minimum Gasteiger partial charge on any atom is -0.478 e. The molecule has 83 valence electrons. The van der Waals surface area contributed by atoms with Crippen LogP contribution in [-0.4, -0.2) is 27.3 Å². The third kappa shape index (κ3) is 2.34. The molecule has 0 aliphatic carbocycles. The Balaban J connectivity index is 2.48. The van der Waals surface area contributed by atoms with Crippen molar-refractivity contribution < 1.29 is 14.7 Å². The van der Waals surface area contributed by atoms with Gasteiger partial charge in [0.05, 0.1) is 17.0 Å². The predicted octanol–water partition coefficient (Wildman–Crippen LogP) is 1.30. The van der Waals surface area contributed by atoms with Crippen molar-refractivity contribution in [1.82, 2.24) is 9.97 Å². The van der Waals surface area contributed by atoms with E-state index in [1.165, 1.54) is 36.7 Å². The topological polar surface area (TPSA) is 80.2 Å². The van der Waals surface area contributed by atoms with Gasteiger partial charge in [0.25, 0.3) is 0 Å². The van der Waals surface area contributed by atoms with Crippen LogP contribution in [0.1, 0.15) is 15.9 Å². The normalized spacial score (nSPS) is 9.88. The summed E-state index contributed by atoms with van der Waals surface area (Å²) in [5, 5.41) is 8.85. The summed E-state index contributed by atoms with van der Waals surface area (Å²) < 4.78 is 0. The van der Waals surface area contributed by atoms with Gasteiger partial charge in [-0.05, 0) is 24.3 Å². The zero-order chi connectivity index (χ0) is 12.3. The lowest BCUT2D eigenvalue weighted by Crippen LogP contribution is -1.98. The van der Waals surface area contributed by atoms with Crippen LogP contribution in [0, 0.1) is 0 Å². The smallest absolute Gasteiger partial charge is 0.335 e. The molecule has 0 bridgehead atoms. The van der Waals surface area contributed by atoms with Gasteiger partial charge in [0.1, 0.15) is 0 Å². The van der Waals surface area contributed by atoms with Gasteiger partial charge >= 0.3 is 5.97 Å². The van der Waals surface area contributed by atoms with Crippen molar-refractivity contribution in [2.45, 2.75) is 0 Å². The number of carbonyl (C=O) groups is 1. The fourth-order valence-electron chi connectivity index (χ4n) is 1.34. The van der Waals surface area contributed by atoms with Gasteiger partial charge in [0, 0.05) is 18.0 Å². The molecule has 1 N–H and O–H groups in total. The Bertz CT molecular complexity index is 581. The van der Waals surface area contributed by atoms with Gasteiger partial charge in [0.15, 0.2) is 0 Å². The average molecular weight is 227 g/mol. The van der Waals surface area contributed by atoms with E-state index < -0.39 is 5.97 Å². The van der Waals surface area contributed by atoms with Crippen molar-refractivity contribution in [3.8, 4) is 11.4 Å². The number of carboxylic acids is 1. The number of pyridine rings is 2. The van der Waals surface area contributed by atoms with E-state index in [-0.39, 0.29) is 5.56 Å². The van der Waals surface area contributed by atoms with E-state index >= 15 is 0 Å². The average Bonchev–Trinajstić information content (AvgIpc) is 2.39. The summed E-state index contributed by atoms with van der Waals surface area (Å²) in [4.78, 5) is 29.3. The zero-order valence-electron chi connectivity index (χ0n) is 8.62. The molecule has 0 amide bonds. The van der Waals surface area contributed by atoms with E-state index in [9.17, 15) is 9.59 Å². The maximum Gasteiger partial charge on any atom is 0.335 e. The lowest BCUT2D eigenvalue weighted by atomic mass is 10.1. The molecule has 5 nitrogen and oxygen atoms in total. The van der Waals surface area contributed by atoms with Crippen LogP contribution in [0.25, 0.3) is 11.4 Å². The fourth-order valence-corrected chi connectivity index (χ4v) is 1.34. The maximum atomic E-state index is 10.8. The molecule has 0 spiro atoms. The second-order valence-electron chi connectivity index (χ2n) is 3.27. The first kappa shape index (κ1) is 10.9. The minimum absolute atomic E-state index is 0.122. The summed E-state index contributed by atoms with van der Waals surface area (Å²) in [6.07, 6.45) is 4.58. The second kappa shape index (κ2) is 4.52. The van der Waals surface area contributed by atoms with E-state index in [0.717, 1.165) is 0 Å². The van der Waals surface area contributed by atoms with Gasteiger partial charge in [-0.25, -0.2) is 4.79 Å². The maximum absolute atomic E-state index is 10.8. The molecule has 0 unspecified atom stereocenters. The third-order valence-electron chi connectivity index (χ3n) is 2.15. The Labute approximate surface area is 96.8 Å². The van der Waals surface area contributed by atoms with Crippen LogP contribution in [-0.2, 0) is 4.79 Å². The summed E-state index contributed by atoms with van der Waals surface area (Å²) in [7, 11) is 0. The molecule has 2 rings (SSSR count). The van der Waals surface area contributed by atoms with E-state index in [4.69, 9.17) is 5.11 Å². The number of aromatic carboxylic acids is 1. The lowest BCUT2D eigenvalue weighted by molar-refractivity contribution is 0.0697. The lowest BCUT2D eigenvalue weighted by Gasteiger charge is -2.01. The number of carbonyl (C=O) groups excluding carboxylic acids is 1. The van der Waals surface area contributed by atoms with Crippen LogP contribution in [0.3, 0.4) is 0 Å². The number of hydrogen-bond acceptors (Lipinski definition) is 4. The fraction of sp³-hybridized carbons (Fsp3) is 0. The molecule has 0 aliphatic rings. The van der Waals surface area contributed by atoms with Crippen LogP contribution in [0.4, 0.5) is 0 Å². The van der Waals surface area contributed by atoms with E-state index in [2.05, 4.69) is 9.97 Å². The summed E-state index contributed by atoms with van der Waals surface area (Å²) in [5.41, 5.74) is 1.31. The SMILES string of the molecule is O=[C]c1ccnc(-c2cc(C(=O)O)ccn2)c1. The van der Waals surface area contributed by atoms with Crippen LogP contribution >= 0.6 is 0 Å². The summed E-state index contributed by atoms with van der Waals surface area (Å²) in [6.45, 7) is 0. The molecule has 2 heterocycles. The quantitative estimate of drug-likeness (QED) is 0.854. The van der Waals surface area contributed by atoms with Crippen molar-refractivity contribution in [3.05, 3.63) is 47.8 Å². The molecular weight excluding hydrogens is 220 g/mol. The van der Waals surface area contributed by atoms with Crippen LogP contribution < -0.4 is 0 Å². The second-order valence-corrected chi connectivity index (χ2v) is 3.27. The van der Waals surface area contributed by atoms with Gasteiger partial charge in [0.2, 0.25) is 6.29 Å². The van der Waals surface area contributed by atoms with Crippen LogP contribution in [0.5, 0.6) is 0 Å². The van der Waals surface area contributed by atoms with Gasteiger partial charge in [-0.3, -0.25) is 14.8 Å². The van der Waals surface area contributed by atoms with Gasteiger partial charge in [-0.1, -0.05) is 0 Å². The standard InChI is InChI=1S/C12H7N2O3/c15-7-8-1-3-13-10(5-8)11-6-9(12(16)17)2-4-14-11/h1-6H,(H,16,17). The highest BCUT2D eigenvalue weighted by Crippen LogP contribution is 2.16. The van der Waals surface area contributed by atoms with Gasteiger partial charge < -0.3 is 5.11 Å². The van der Waals surface area contributed by atoms with E-state index in [0.29, 0.717) is 17.0 Å². The van der Waals surface area contributed by atoms with Crippen LogP contribution in [0.2, 0.25) is 0 Å². The van der Waals surface area contributed by atoms with Gasteiger partial charge in [-0.2, -0.15) is 0 Å². The zero-order valence-corrected chi connectivity index (χ0v) is 8.62. The molecule has 17 heavy (non-hydrogen) atoms. The molecule has 0 atom stereocenters. The van der Waals surface area contributed by atoms with Crippen molar-refractivity contribution in [2.75, 3.05) is 0 Å². The molecule has 0 aromatic carbocycles. The Morgan fingerprint density at radius 2 is 1.76 bits per heavy atom. The Morgan fingerprint density at radius 3 is 2.41 bits per heavy atom. The third-order valence-corrected chi connectivity index (χ3v) is 2.15. The highest BCUT2D eigenvalue weighted by atomic mass is 16.4. The van der Waals surface area contributed by atoms with Gasteiger partial charge in [-0.15, -0.1) is 0 Å². The largest absolute Gasteiger partial charge is 0.478 e. The highest BCUT2D eigenvalue weighted by Gasteiger charge is 2.07. The minimum atomic E-state index is -1.04. The van der Waals surface area contributed by atoms with Crippen molar-refractivity contribution in [2.24, 2.45) is 0 Å². The van der Waals surface area contributed by atoms with Crippen molar-refractivity contribution in [3.63, 3.8) is 0 Å². The number of nitrogens with zero attached hydrogens (tertiary/aromatic N) is 2. The molecule has 1 radical (unpaired) electrons. The summed E-state index contributed by atoms with van der Waals surface area (Å²) in [5.74, 6) is -1.04. The predicted molar refractivity (Wildman–Crippen MR) is 59.2 cm³/mol. The summed E-state index contributed by atoms with van der Waals surface area (Å²) >= 11 is 0. The van der Waals surface area contributed by atoms with E-state index in [1.54, 1.807) is 6.29 Å². The number of aromatic nitrogens is 2. The highest BCUT2D eigenvalue weighted by molar-refractivity contribution is 5.88.